The topological polar surface area (TPSA) is 50.7 Å². The average Bonchev–Trinajstić information content (AvgIpc) is 2.53. The van der Waals surface area contributed by atoms with E-state index in [9.17, 15) is 18.0 Å². The Morgan fingerprint density at radius 1 is 1.21 bits per heavy atom. The van der Waals surface area contributed by atoms with E-state index in [1.165, 1.54) is 12.1 Å². The molecule has 0 fully saturated rings. The number of alkyl halides is 3. The Hall–Kier alpha value is -2.35. The average molecular weight is 401 g/mol. The minimum Gasteiger partial charge on any atom is -0.391 e. The smallest absolute Gasteiger partial charge is 0.391 e. The van der Waals surface area contributed by atoms with Crippen molar-refractivity contribution in [2.75, 3.05) is 5.32 Å². The number of carbonyl (C=O) groups excluding carboxylic acids is 1. The third-order valence-corrected chi connectivity index (χ3v) is 3.38. The molecule has 0 saturated heterocycles. The van der Waals surface area contributed by atoms with Crippen LogP contribution in [0.3, 0.4) is 0 Å². The second-order valence-electron chi connectivity index (χ2n) is 4.70. The molecule has 0 bridgehead atoms. The van der Waals surface area contributed by atoms with Crippen LogP contribution in [0.15, 0.2) is 58.2 Å². The van der Waals surface area contributed by atoms with Crippen LogP contribution in [0.5, 0.6) is 0 Å². The van der Waals surface area contributed by atoms with Crippen molar-refractivity contribution in [1.82, 2.24) is 0 Å². The zero-order chi connectivity index (χ0) is 17.6. The highest BCUT2D eigenvalue weighted by atomic mass is 79.9. The maximum Gasteiger partial charge on any atom is 0.416 e. The van der Waals surface area contributed by atoms with Gasteiger partial charge < -0.3 is 10.2 Å². The lowest BCUT2D eigenvalue weighted by atomic mass is 10.2. The van der Waals surface area contributed by atoms with Gasteiger partial charge in [-0.15, -0.1) is 0 Å². The van der Waals surface area contributed by atoms with Gasteiger partial charge in [-0.05, 0) is 35.9 Å². The molecule has 1 amide bonds. The summed E-state index contributed by atoms with van der Waals surface area (Å²) >= 11 is 3.30. The normalized spacial score (nSPS) is 11.5. The molecule has 126 valence electrons. The largest absolute Gasteiger partial charge is 0.416 e. The van der Waals surface area contributed by atoms with Crippen LogP contribution in [0.4, 0.5) is 18.9 Å². The summed E-state index contributed by atoms with van der Waals surface area (Å²) < 4.78 is 38.7. The lowest BCUT2D eigenvalue weighted by Gasteiger charge is -2.08. The Kier molecular flexibility index (Phi) is 5.97. The molecule has 8 heteroatoms. The Balaban J connectivity index is 1.85. The van der Waals surface area contributed by atoms with Crippen molar-refractivity contribution in [3.05, 3.63) is 64.1 Å². The van der Waals surface area contributed by atoms with Crippen molar-refractivity contribution in [2.24, 2.45) is 5.16 Å². The van der Waals surface area contributed by atoms with Crippen LogP contribution >= 0.6 is 15.9 Å². The number of nitrogens with one attached hydrogen (secondary N) is 1. The Bertz CT molecular complexity index is 731. The molecule has 0 spiro atoms. The Morgan fingerprint density at radius 3 is 2.58 bits per heavy atom. The fraction of sp³-hybridized carbons (Fsp3) is 0.125. The van der Waals surface area contributed by atoms with Gasteiger partial charge in [0.15, 0.2) is 0 Å². The van der Waals surface area contributed by atoms with E-state index in [4.69, 9.17) is 4.84 Å². The molecule has 2 aromatic carbocycles. The molecule has 4 nitrogen and oxygen atoms in total. The molecule has 1 N–H and O–H groups in total. The van der Waals surface area contributed by atoms with Gasteiger partial charge in [0.25, 0.3) is 5.91 Å². The van der Waals surface area contributed by atoms with Crippen molar-refractivity contribution >= 4 is 33.7 Å². The van der Waals surface area contributed by atoms with E-state index in [2.05, 4.69) is 26.4 Å². The third kappa shape index (κ3) is 5.69. The highest BCUT2D eigenvalue weighted by Gasteiger charge is 2.30. The fourth-order valence-corrected chi connectivity index (χ4v) is 1.99. The molecule has 0 aromatic heterocycles. The maximum absolute atomic E-state index is 12.6. The molecule has 0 atom stereocenters. The molecule has 0 aliphatic heterocycles. The second kappa shape index (κ2) is 7.96. The number of hydrogen-bond donors (Lipinski definition) is 1. The van der Waals surface area contributed by atoms with Gasteiger partial charge in [-0.25, -0.2) is 0 Å². The number of rotatable bonds is 5. The first-order valence-electron chi connectivity index (χ1n) is 6.72. The Morgan fingerprint density at radius 2 is 1.92 bits per heavy atom. The minimum absolute atomic E-state index is 0.0224. The van der Waals surface area contributed by atoms with Gasteiger partial charge in [0.2, 0.25) is 0 Å². The van der Waals surface area contributed by atoms with Crippen molar-refractivity contribution in [1.29, 1.82) is 0 Å². The van der Waals surface area contributed by atoms with Crippen molar-refractivity contribution in [3.63, 3.8) is 0 Å². The van der Waals surface area contributed by atoms with Crippen LogP contribution < -0.4 is 5.32 Å². The van der Waals surface area contributed by atoms with Crippen molar-refractivity contribution in [2.45, 2.75) is 12.8 Å². The van der Waals surface area contributed by atoms with Crippen molar-refractivity contribution < 1.29 is 22.8 Å². The highest BCUT2D eigenvalue weighted by molar-refractivity contribution is 9.10. The molecule has 0 unspecified atom stereocenters. The molecular weight excluding hydrogens is 389 g/mol. The minimum atomic E-state index is -4.47. The van der Waals surface area contributed by atoms with E-state index in [1.54, 1.807) is 0 Å². The summed E-state index contributed by atoms with van der Waals surface area (Å²) in [5.74, 6) is -0.690. The molecule has 24 heavy (non-hydrogen) atoms. The molecule has 0 heterocycles. The number of carbonyl (C=O) groups is 1. The van der Waals surface area contributed by atoms with E-state index >= 15 is 0 Å². The van der Waals surface area contributed by atoms with Gasteiger partial charge in [0, 0.05) is 10.2 Å². The molecule has 2 rings (SSSR count). The lowest BCUT2D eigenvalue weighted by Crippen LogP contribution is -2.14. The quantitative estimate of drug-likeness (QED) is 0.588. The lowest BCUT2D eigenvalue weighted by molar-refractivity contribution is -0.137. The number of amides is 1. The first-order chi connectivity index (χ1) is 11.3. The number of nitrogens with zero attached hydrogens (tertiary/aromatic N) is 1. The van der Waals surface area contributed by atoms with Crippen LogP contribution in [0.2, 0.25) is 0 Å². The van der Waals surface area contributed by atoms with Gasteiger partial charge in [-0.1, -0.05) is 39.3 Å². The molecule has 0 radical (unpaired) electrons. The molecule has 0 aliphatic rings. The monoisotopic (exact) mass is 400 g/mol. The summed E-state index contributed by atoms with van der Waals surface area (Å²) in [6.07, 6.45) is -3.61. The van der Waals surface area contributed by atoms with Crippen LogP contribution in [-0.2, 0) is 22.4 Å². The van der Waals surface area contributed by atoms with E-state index in [0.29, 0.717) is 0 Å². The van der Waals surface area contributed by atoms with E-state index in [0.717, 1.165) is 28.4 Å². The molecular formula is C16H12BrF3N2O2. The zero-order valence-corrected chi connectivity index (χ0v) is 13.8. The fourth-order valence-electron chi connectivity index (χ4n) is 1.73. The van der Waals surface area contributed by atoms with Gasteiger partial charge in [0.05, 0.1) is 5.56 Å². The number of oxime groups is 1. The van der Waals surface area contributed by atoms with E-state index < -0.39 is 17.6 Å². The second-order valence-corrected chi connectivity index (χ2v) is 5.62. The predicted molar refractivity (Wildman–Crippen MR) is 87.5 cm³/mol. The third-order valence-electron chi connectivity index (χ3n) is 2.85. The predicted octanol–water partition coefficient (Wildman–Crippen LogP) is 4.61. The molecule has 0 saturated carbocycles. The van der Waals surface area contributed by atoms with Gasteiger partial charge in [0.1, 0.15) is 12.8 Å². The molecule has 2 aromatic rings. The SMILES string of the molecule is O=C(/C=N\OCc1ccc(Br)cc1)Nc1cccc(C(F)(F)F)c1. The van der Waals surface area contributed by atoms with Gasteiger partial charge in [-0.3, -0.25) is 4.79 Å². The van der Waals surface area contributed by atoms with E-state index in [1.807, 2.05) is 24.3 Å². The van der Waals surface area contributed by atoms with Crippen LogP contribution in [0, 0.1) is 0 Å². The number of halogens is 4. The Labute approximate surface area is 144 Å². The summed E-state index contributed by atoms with van der Waals surface area (Å²) in [5, 5.41) is 5.77. The van der Waals surface area contributed by atoms with Gasteiger partial charge >= 0.3 is 6.18 Å². The number of anilines is 1. The molecule has 0 aliphatic carbocycles. The first-order valence-corrected chi connectivity index (χ1v) is 7.52. The van der Waals surface area contributed by atoms with Crippen LogP contribution in [-0.4, -0.2) is 12.1 Å². The standard InChI is InChI=1S/C16H12BrF3N2O2/c17-13-6-4-11(5-7-13)10-24-21-9-15(23)22-14-3-1-2-12(8-14)16(18,19)20/h1-9H,10H2,(H,22,23)/b21-9-. The van der Waals surface area contributed by atoms with Crippen LogP contribution in [0.25, 0.3) is 0 Å². The summed E-state index contributed by atoms with van der Waals surface area (Å²) in [5.41, 5.74) is 0.0338. The van der Waals surface area contributed by atoms with E-state index in [-0.39, 0.29) is 12.3 Å². The van der Waals surface area contributed by atoms with Crippen molar-refractivity contribution in [3.8, 4) is 0 Å². The van der Waals surface area contributed by atoms with Crippen LogP contribution in [0.1, 0.15) is 11.1 Å². The summed E-state index contributed by atoms with van der Waals surface area (Å²) in [7, 11) is 0. The number of benzene rings is 2. The van der Waals surface area contributed by atoms with Gasteiger partial charge in [-0.2, -0.15) is 13.2 Å². The first kappa shape index (κ1) is 18.0. The summed E-state index contributed by atoms with van der Waals surface area (Å²) in [6, 6.07) is 11.6. The maximum atomic E-state index is 12.6. The summed E-state index contributed by atoms with van der Waals surface area (Å²) in [6.45, 7) is 0.167. The zero-order valence-electron chi connectivity index (χ0n) is 12.2. The summed E-state index contributed by atoms with van der Waals surface area (Å²) in [4.78, 5) is 16.6. The highest BCUT2D eigenvalue weighted by Crippen LogP contribution is 2.30. The number of hydrogen-bond acceptors (Lipinski definition) is 3.